The minimum Gasteiger partial charge on any atom is -0.355 e. The Hall–Kier alpha value is -1.20. The largest absolute Gasteiger partial charge is 0.355 e. The first kappa shape index (κ1) is 13.8. The molecule has 2 aromatic rings. The van der Waals surface area contributed by atoms with Crippen molar-refractivity contribution in [1.82, 2.24) is 14.9 Å². The minimum absolute atomic E-state index is 0.552. The second-order valence-corrected chi connectivity index (χ2v) is 6.52. The molecule has 3 heterocycles. The third-order valence-electron chi connectivity index (χ3n) is 4.15. The average Bonchev–Trinajstić information content (AvgIpc) is 2.93. The van der Waals surface area contributed by atoms with E-state index in [4.69, 9.17) is 4.98 Å². The Bertz CT molecular complexity index is 595. The summed E-state index contributed by atoms with van der Waals surface area (Å²) in [5, 5.41) is 3.31. The van der Waals surface area contributed by atoms with Gasteiger partial charge in [0.05, 0.1) is 5.39 Å². The van der Waals surface area contributed by atoms with Crippen molar-refractivity contribution in [1.29, 1.82) is 0 Å². The Balaban J connectivity index is 1.97. The van der Waals surface area contributed by atoms with Crippen molar-refractivity contribution in [3.63, 3.8) is 0 Å². The molecule has 4 nitrogen and oxygen atoms in total. The van der Waals surface area contributed by atoms with E-state index in [1.54, 1.807) is 11.3 Å². The molecule has 1 aliphatic heterocycles. The van der Waals surface area contributed by atoms with Gasteiger partial charge in [-0.05, 0) is 37.9 Å². The highest BCUT2D eigenvalue weighted by Gasteiger charge is 2.24. The topological polar surface area (TPSA) is 32.3 Å². The molecule has 0 bridgehead atoms. The fourth-order valence-corrected chi connectivity index (χ4v) is 3.72. The Labute approximate surface area is 124 Å². The smallest absolute Gasteiger partial charge is 0.141 e. The number of nitrogens with zero attached hydrogens (tertiary/aromatic N) is 4. The molecule has 1 atom stereocenters. The standard InChI is InChI=1S/C15H22N4S/c1-4-13-16-14(12-7-9-20-15(12)17-13)19(3)11-6-5-8-18(2)10-11/h7,9,11H,4-6,8,10H2,1-3H3. The predicted octanol–water partition coefficient (Wildman–Crippen LogP) is 2.78. The van der Waals surface area contributed by atoms with E-state index in [9.17, 15) is 0 Å². The Morgan fingerprint density at radius 3 is 3.05 bits per heavy atom. The van der Waals surface area contributed by atoms with Gasteiger partial charge in [0.15, 0.2) is 0 Å². The van der Waals surface area contributed by atoms with E-state index < -0.39 is 0 Å². The van der Waals surface area contributed by atoms with E-state index in [1.165, 1.54) is 24.8 Å². The van der Waals surface area contributed by atoms with Crippen LogP contribution in [0, 0.1) is 0 Å². The Kier molecular flexibility index (Phi) is 3.89. The van der Waals surface area contributed by atoms with Gasteiger partial charge in [0.25, 0.3) is 0 Å². The molecule has 1 saturated heterocycles. The van der Waals surface area contributed by atoms with E-state index in [0.717, 1.165) is 29.4 Å². The van der Waals surface area contributed by atoms with Crippen molar-refractivity contribution >= 4 is 27.4 Å². The fourth-order valence-electron chi connectivity index (χ4n) is 2.94. The molecule has 0 spiro atoms. The number of likely N-dealkylation sites (tertiary alicyclic amines) is 1. The maximum atomic E-state index is 4.79. The number of hydrogen-bond donors (Lipinski definition) is 0. The first-order valence-electron chi connectivity index (χ1n) is 7.34. The maximum absolute atomic E-state index is 4.79. The van der Waals surface area contributed by atoms with E-state index in [2.05, 4.69) is 47.2 Å². The molecule has 0 aromatic carbocycles. The van der Waals surface area contributed by atoms with Crippen LogP contribution in [0.2, 0.25) is 0 Å². The van der Waals surface area contributed by atoms with Gasteiger partial charge in [-0.1, -0.05) is 6.92 Å². The highest BCUT2D eigenvalue weighted by molar-refractivity contribution is 7.16. The summed E-state index contributed by atoms with van der Waals surface area (Å²) >= 11 is 1.71. The lowest BCUT2D eigenvalue weighted by Gasteiger charge is -2.36. The highest BCUT2D eigenvalue weighted by Crippen LogP contribution is 2.29. The Morgan fingerprint density at radius 1 is 1.45 bits per heavy atom. The number of rotatable bonds is 3. The molecule has 0 saturated carbocycles. The lowest BCUT2D eigenvalue weighted by atomic mass is 10.0. The first-order valence-corrected chi connectivity index (χ1v) is 8.22. The third-order valence-corrected chi connectivity index (χ3v) is 4.96. The number of hydrogen-bond acceptors (Lipinski definition) is 5. The molecular weight excluding hydrogens is 268 g/mol. The summed E-state index contributed by atoms with van der Waals surface area (Å²) in [6.07, 6.45) is 3.40. The predicted molar refractivity (Wildman–Crippen MR) is 85.7 cm³/mol. The van der Waals surface area contributed by atoms with Crippen LogP contribution in [0.25, 0.3) is 10.2 Å². The number of fused-ring (bicyclic) bond motifs is 1. The summed E-state index contributed by atoms with van der Waals surface area (Å²) in [4.78, 5) is 15.3. The molecule has 1 fully saturated rings. The maximum Gasteiger partial charge on any atom is 0.141 e. The van der Waals surface area contributed by atoms with Crippen LogP contribution in [0.5, 0.6) is 0 Å². The van der Waals surface area contributed by atoms with Crippen LogP contribution < -0.4 is 4.90 Å². The molecule has 2 aromatic heterocycles. The number of aromatic nitrogens is 2. The van der Waals surface area contributed by atoms with E-state index >= 15 is 0 Å². The summed E-state index contributed by atoms with van der Waals surface area (Å²) in [5.74, 6) is 2.05. The summed E-state index contributed by atoms with van der Waals surface area (Å²) in [6, 6.07) is 2.70. The van der Waals surface area contributed by atoms with Gasteiger partial charge in [-0.25, -0.2) is 9.97 Å². The monoisotopic (exact) mass is 290 g/mol. The van der Waals surface area contributed by atoms with Crippen LogP contribution >= 0.6 is 11.3 Å². The summed E-state index contributed by atoms with van der Waals surface area (Å²) in [7, 11) is 4.39. The second-order valence-electron chi connectivity index (χ2n) is 5.63. The van der Waals surface area contributed by atoms with Gasteiger partial charge < -0.3 is 9.80 Å². The Morgan fingerprint density at radius 2 is 2.30 bits per heavy atom. The van der Waals surface area contributed by atoms with Gasteiger partial charge in [-0.3, -0.25) is 0 Å². The van der Waals surface area contributed by atoms with Crippen LogP contribution in [0.1, 0.15) is 25.6 Å². The van der Waals surface area contributed by atoms with Crippen molar-refractivity contribution in [2.75, 3.05) is 32.1 Å². The second kappa shape index (κ2) is 5.66. The molecule has 108 valence electrons. The molecule has 0 radical (unpaired) electrons. The molecule has 0 aliphatic carbocycles. The van der Waals surface area contributed by atoms with Gasteiger partial charge >= 0.3 is 0 Å². The number of anilines is 1. The van der Waals surface area contributed by atoms with Crippen molar-refractivity contribution < 1.29 is 0 Å². The van der Waals surface area contributed by atoms with Crippen molar-refractivity contribution in [3.05, 3.63) is 17.3 Å². The van der Waals surface area contributed by atoms with E-state index in [1.807, 2.05) is 0 Å². The van der Waals surface area contributed by atoms with E-state index in [-0.39, 0.29) is 0 Å². The van der Waals surface area contributed by atoms with Gasteiger partial charge in [0.1, 0.15) is 16.5 Å². The van der Waals surface area contributed by atoms with Gasteiger partial charge in [-0.2, -0.15) is 0 Å². The van der Waals surface area contributed by atoms with Crippen LogP contribution in [0.4, 0.5) is 5.82 Å². The summed E-state index contributed by atoms with van der Waals surface area (Å²) < 4.78 is 0. The number of likely N-dealkylation sites (N-methyl/N-ethyl adjacent to an activating group) is 2. The zero-order valence-corrected chi connectivity index (χ0v) is 13.3. The normalized spacial score (nSPS) is 20.4. The number of thiophene rings is 1. The minimum atomic E-state index is 0.552. The molecule has 3 rings (SSSR count). The van der Waals surface area contributed by atoms with Crippen LogP contribution in [0.15, 0.2) is 11.4 Å². The van der Waals surface area contributed by atoms with Crippen molar-refractivity contribution in [3.8, 4) is 0 Å². The van der Waals surface area contributed by atoms with Crippen molar-refractivity contribution in [2.24, 2.45) is 0 Å². The van der Waals surface area contributed by atoms with Gasteiger partial charge in [0, 0.05) is 26.1 Å². The summed E-state index contributed by atoms with van der Waals surface area (Å²) in [5.41, 5.74) is 0. The molecule has 0 N–H and O–H groups in total. The lowest BCUT2D eigenvalue weighted by molar-refractivity contribution is 0.247. The zero-order valence-electron chi connectivity index (χ0n) is 12.5. The van der Waals surface area contributed by atoms with Crippen LogP contribution in [-0.2, 0) is 6.42 Å². The molecular formula is C15H22N4S. The van der Waals surface area contributed by atoms with Crippen LogP contribution in [-0.4, -0.2) is 48.1 Å². The molecule has 1 aliphatic rings. The zero-order chi connectivity index (χ0) is 14.1. The SMILES string of the molecule is CCc1nc(N(C)C2CCCN(C)C2)c2ccsc2n1. The molecule has 0 amide bonds. The summed E-state index contributed by atoms with van der Waals surface area (Å²) in [6.45, 7) is 4.45. The van der Waals surface area contributed by atoms with Crippen molar-refractivity contribution in [2.45, 2.75) is 32.2 Å². The fraction of sp³-hybridized carbons (Fsp3) is 0.600. The van der Waals surface area contributed by atoms with Gasteiger partial charge in [0.2, 0.25) is 0 Å². The number of piperidine rings is 1. The molecule has 5 heteroatoms. The average molecular weight is 290 g/mol. The third kappa shape index (κ3) is 2.52. The quantitative estimate of drug-likeness (QED) is 0.870. The van der Waals surface area contributed by atoms with Crippen LogP contribution in [0.3, 0.4) is 0 Å². The van der Waals surface area contributed by atoms with Gasteiger partial charge in [-0.15, -0.1) is 11.3 Å². The highest BCUT2D eigenvalue weighted by atomic mass is 32.1. The number of aryl methyl sites for hydroxylation is 1. The van der Waals surface area contributed by atoms with E-state index in [0.29, 0.717) is 6.04 Å². The lowest BCUT2D eigenvalue weighted by Crippen LogP contribution is -2.45. The molecule has 1 unspecified atom stereocenters. The molecule has 20 heavy (non-hydrogen) atoms. The first-order chi connectivity index (χ1) is 9.69.